The van der Waals surface area contributed by atoms with Crippen LogP contribution in [0.4, 0.5) is 0 Å². The van der Waals surface area contributed by atoms with E-state index in [2.05, 4.69) is 0 Å². The number of hydrogen-bond acceptors (Lipinski definition) is 6. The van der Waals surface area contributed by atoms with Gasteiger partial charge in [0.05, 0.1) is 17.7 Å². The first-order valence-corrected chi connectivity index (χ1v) is 8.81. The van der Waals surface area contributed by atoms with E-state index in [1.54, 1.807) is 12.1 Å². The van der Waals surface area contributed by atoms with Crippen LogP contribution in [-0.2, 0) is 14.8 Å². The monoisotopic (exact) mass is 383 g/mol. The van der Waals surface area contributed by atoms with Crippen molar-refractivity contribution in [2.24, 2.45) is 5.14 Å². The molecule has 2 rings (SSSR count). The molecule has 0 aliphatic carbocycles. The first-order valence-electron chi connectivity index (χ1n) is 6.89. The summed E-state index contributed by atoms with van der Waals surface area (Å²) in [6.07, 6.45) is 0. The molecule has 0 bridgehead atoms. The van der Waals surface area contributed by atoms with Crippen molar-refractivity contribution in [1.29, 1.82) is 0 Å². The van der Waals surface area contributed by atoms with Crippen molar-refractivity contribution >= 4 is 33.4 Å². The van der Waals surface area contributed by atoms with Gasteiger partial charge in [0, 0.05) is 5.56 Å². The number of methoxy groups -OCH3 is 1. The number of primary sulfonamides is 1. The van der Waals surface area contributed by atoms with Gasteiger partial charge in [0.15, 0.2) is 12.4 Å². The van der Waals surface area contributed by atoms with E-state index < -0.39 is 33.3 Å². The zero-order valence-electron chi connectivity index (χ0n) is 13.1. The number of ketones is 1. The van der Waals surface area contributed by atoms with Gasteiger partial charge in [-0.15, -0.1) is 0 Å². The third-order valence-electron chi connectivity index (χ3n) is 3.22. The Balaban J connectivity index is 2.08. The molecule has 25 heavy (non-hydrogen) atoms. The average molecular weight is 384 g/mol. The summed E-state index contributed by atoms with van der Waals surface area (Å²) in [5.41, 5.74) is 0.255. The average Bonchev–Trinajstić information content (AvgIpc) is 2.58. The summed E-state index contributed by atoms with van der Waals surface area (Å²) in [4.78, 5) is 23.6. The summed E-state index contributed by atoms with van der Waals surface area (Å²) >= 11 is 5.74. The minimum absolute atomic E-state index is 0.0871. The molecule has 0 fully saturated rings. The first-order chi connectivity index (χ1) is 11.7. The summed E-state index contributed by atoms with van der Waals surface area (Å²) < 4.78 is 32.7. The van der Waals surface area contributed by atoms with Crippen molar-refractivity contribution in [2.45, 2.75) is 4.90 Å². The Bertz CT molecular complexity index is 909. The van der Waals surface area contributed by atoms with E-state index in [-0.39, 0.29) is 10.6 Å². The Morgan fingerprint density at radius 2 is 1.68 bits per heavy atom. The fraction of sp³-hybridized carbons (Fsp3) is 0.125. The fourth-order valence-corrected chi connectivity index (χ4v) is 2.99. The standard InChI is InChI=1S/C16H14ClNO6S/c1-23-12-5-2-10(3-6-12)14(19)9-24-16(20)11-4-7-13(17)15(8-11)25(18,21)22/h2-8H,9H2,1H3,(H2,18,21,22). The molecule has 0 aliphatic rings. The predicted octanol–water partition coefficient (Wildman–Crippen LogP) is 2.04. The second-order valence-corrected chi connectivity index (χ2v) is 6.86. The lowest BCUT2D eigenvalue weighted by molar-refractivity contribution is 0.0474. The normalized spacial score (nSPS) is 11.0. The summed E-state index contributed by atoms with van der Waals surface area (Å²) in [6.45, 7) is -0.501. The topological polar surface area (TPSA) is 113 Å². The van der Waals surface area contributed by atoms with Gasteiger partial charge in [-0.25, -0.2) is 18.4 Å². The molecule has 0 unspecified atom stereocenters. The molecule has 0 atom stereocenters. The lowest BCUT2D eigenvalue weighted by Gasteiger charge is -2.07. The number of esters is 1. The van der Waals surface area contributed by atoms with Crippen molar-refractivity contribution in [2.75, 3.05) is 13.7 Å². The van der Waals surface area contributed by atoms with Crippen molar-refractivity contribution in [3.05, 3.63) is 58.6 Å². The van der Waals surface area contributed by atoms with Crippen LogP contribution in [0.2, 0.25) is 5.02 Å². The maximum atomic E-state index is 12.0. The van der Waals surface area contributed by atoms with Crippen LogP contribution in [0, 0.1) is 0 Å². The van der Waals surface area contributed by atoms with Crippen molar-refractivity contribution in [3.8, 4) is 5.75 Å². The molecule has 0 heterocycles. The van der Waals surface area contributed by atoms with Gasteiger partial charge in [-0.2, -0.15) is 0 Å². The van der Waals surface area contributed by atoms with Crippen LogP contribution in [-0.4, -0.2) is 33.9 Å². The van der Waals surface area contributed by atoms with Gasteiger partial charge in [0.25, 0.3) is 0 Å². The molecule has 2 aromatic rings. The Labute approximate surface area is 149 Å². The fourth-order valence-electron chi connectivity index (χ4n) is 1.92. The highest BCUT2D eigenvalue weighted by atomic mass is 35.5. The van der Waals surface area contributed by atoms with Gasteiger partial charge in [-0.3, -0.25) is 4.79 Å². The van der Waals surface area contributed by atoms with Gasteiger partial charge in [-0.1, -0.05) is 11.6 Å². The Hall–Kier alpha value is -2.42. The highest BCUT2D eigenvalue weighted by Gasteiger charge is 2.18. The maximum Gasteiger partial charge on any atom is 0.338 e. The number of carbonyl (C=O) groups is 2. The SMILES string of the molecule is COc1ccc(C(=O)COC(=O)c2ccc(Cl)c(S(N)(=O)=O)c2)cc1. The quantitative estimate of drug-likeness (QED) is 0.603. The van der Waals surface area contributed by atoms with E-state index in [0.29, 0.717) is 11.3 Å². The molecule has 2 aromatic carbocycles. The third-order valence-corrected chi connectivity index (χ3v) is 4.61. The number of ether oxygens (including phenoxy) is 2. The molecule has 0 saturated carbocycles. The molecule has 0 saturated heterocycles. The smallest absolute Gasteiger partial charge is 0.338 e. The van der Waals surface area contributed by atoms with Crippen LogP contribution in [0.15, 0.2) is 47.4 Å². The Morgan fingerprint density at radius 3 is 2.24 bits per heavy atom. The lowest BCUT2D eigenvalue weighted by atomic mass is 10.1. The van der Waals surface area contributed by atoms with Crippen molar-refractivity contribution in [1.82, 2.24) is 0 Å². The molecule has 0 radical (unpaired) electrons. The molecular formula is C16H14ClNO6S. The van der Waals surface area contributed by atoms with Crippen LogP contribution in [0.1, 0.15) is 20.7 Å². The summed E-state index contributed by atoms with van der Waals surface area (Å²) in [5.74, 6) is -0.703. The van der Waals surface area contributed by atoms with Gasteiger partial charge < -0.3 is 9.47 Å². The van der Waals surface area contributed by atoms with E-state index >= 15 is 0 Å². The largest absolute Gasteiger partial charge is 0.497 e. The van der Waals surface area contributed by atoms with Crippen molar-refractivity contribution in [3.63, 3.8) is 0 Å². The van der Waals surface area contributed by atoms with Crippen LogP contribution < -0.4 is 9.88 Å². The Kier molecular flexibility index (Phi) is 5.78. The zero-order valence-corrected chi connectivity index (χ0v) is 14.6. The van der Waals surface area contributed by atoms with E-state index in [1.165, 1.54) is 31.4 Å². The number of hydrogen-bond donors (Lipinski definition) is 1. The molecular weight excluding hydrogens is 370 g/mol. The minimum atomic E-state index is -4.09. The van der Waals surface area contributed by atoms with Gasteiger partial charge in [-0.05, 0) is 42.5 Å². The molecule has 0 aromatic heterocycles. The summed E-state index contributed by atoms with van der Waals surface area (Å²) in [6, 6.07) is 9.77. The van der Waals surface area contributed by atoms with Crippen molar-refractivity contribution < 1.29 is 27.5 Å². The van der Waals surface area contributed by atoms with E-state index in [9.17, 15) is 18.0 Å². The van der Waals surface area contributed by atoms with Crippen LogP contribution in [0.25, 0.3) is 0 Å². The van der Waals surface area contributed by atoms with Crippen LogP contribution in [0.5, 0.6) is 5.75 Å². The number of nitrogens with two attached hydrogens (primary N) is 1. The highest BCUT2D eigenvalue weighted by molar-refractivity contribution is 7.89. The van der Waals surface area contributed by atoms with E-state index in [4.69, 9.17) is 26.2 Å². The molecule has 9 heteroatoms. The molecule has 0 spiro atoms. The zero-order chi connectivity index (χ0) is 18.6. The predicted molar refractivity (Wildman–Crippen MR) is 90.4 cm³/mol. The molecule has 2 N–H and O–H groups in total. The summed E-state index contributed by atoms with van der Waals surface area (Å²) in [7, 11) is -2.59. The third kappa shape index (κ3) is 4.79. The minimum Gasteiger partial charge on any atom is -0.497 e. The van der Waals surface area contributed by atoms with Gasteiger partial charge in [0.2, 0.25) is 10.0 Å². The molecule has 0 aliphatic heterocycles. The second kappa shape index (κ2) is 7.64. The number of rotatable bonds is 6. The van der Waals surface area contributed by atoms with Crippen LogP contribution >= 0.6 is 11.6 Å². The van der Waals surface area contributed by atoms with Gasteiger partial charge >= 0.3 is 5.97 Å². The number of halogens is 1. The van der Waals surface area contributed by atoms with Crippen LogP contribution in [0.3, 0.4) is 0 Å². The highest BCUT2D eigenvalue weighted by Crippen LogP contribution is 2.22. The number of carbonyl (C=O) groups excluding carboxylic acids is 2. The summed E-state index contributed by atoms with van der Waals surface area (Å²) in [5, 5.41) is 4.90. The van der Waals surface area contributed by atoms with E-state index in [1.807, 2.05) is 0 Å². The Morgan fingerprint density at radius 1 is 1.08 bits per heavy atom. The molecule has 7 nitrogen and oxygen atoms in total. The molecule has 132 valence electrons. The maximum absolute atomic E-state index is 12.0. The first kappa shape index (κ1) is 18.9. The van der Waals surface area contributed by atoms with E-state index in [0.717, 1.165) is 6.07 Å². The number of benzene rings is 2. The molecule has 0 amide bonds. The number of sulfonamides is 1. The lowest BCUT2D eigenvalue weighted by Crippen LogP contribution is -2.16. The van der Waals surface area contributed by atoms with Gasteiger partial charge in [0.1, 0.15) is 10.6 Å². The number of Topliss-reactive ketones (excluding diaryl/α,β-unsaturated/α-hetero) is 1. The second-order valence-electron chi connectivity index (χ2n) is 4.92.